The topological polar surface area (TPSA) is 23.5 Å². The number of hydrogen-bond acceptors (Lipinski definition) is 2. The highest BCUT2D eigenvalue weighted by atomic mass is 16.3. The monoisotopic (exact) mass is 303 g/mol. The largest absolute Gasteiger partial charge is 0.390 e. The van der Waals surface area contributed by atoms with Gasteiger partial charge in [0.1, 0.15) is 0 Å². The van der Waals surface area contributed by atoms with Gasteiger partial charge in [-0.2, -0.15) is 0 Å². The van der Waals surface area contributed by atoms with Crippen LogP contribution in [0.3, 0.4) is 0 Å². The molecule has 2 rings (SSSR count). The van der Waals surface area contributed by atoms with E-state index in [2.05, 4.69) is 49.1 Å². The second kappa shape index (κ2) is 8.12. The standard InChI is InChI=1S/C20H33NO/c1-4-9-19-18(15-20(3,22)13-5-2)12-14-21(19)16-17-10-7-6-8-11-17/h6-8,10-11,18-19,22H,4-5,9,12-16H2,1-3H3/t18-,19+,20?/m1/s1. The fourth-order valence-electron chi connectivity index (χ4n) is 4.16. The van der Waals surface area contributed by atoms with Gasteiger partial charge in [-0.3, -0.25) is 4.90 Å². The number of aliphatic hydroxyl groups is 1. The molecule has 1 saturated heterocycles. The molecule has 1 aromatic rings. The van der Waals surface area contributed by atoms with Gasteiger partial charge >= 0.3 is 0 Å². The molecular formula is C20H33NO. The van der Waals surface area contributed by atoms with Crippen LogP contribution in [-0.2, 0) is 6.54 Å². The summed E-state index contributed by atoms with van der Waals surface area (Å²) in [5.74, 6) is 0.644. The molecule has 0 bridgehead atoms. The van der Waals surface area contributed by atoms with Crippen molar-refractivity contribution in [3.05, 3.63) is 35.9 Å². The fraction of sp³-hybridized carbons (Fsp3) is 0.700. The molecule has 22 heavy (non-hydrogen) atoms. The molecule has 1 fully saturated rings. The van der Waals surface area contributed by atoms with Gasteiger partial charge in [-0.25, -0.2) is 0 Å². The summed E-state index contributed by atoms with van der Waals surface area (Å²) in [6.07, 6.45) is 6.64. The van der Waals surface area contributed by atoms with Gasteiger partial charge in [-0.15, -0.1) is 0 Å². The highest BCUT2D eigenvalue weighted by molar-refractivity contribution is 5.15. The highest BCUT2D eigenvalue weighted by Gasteiger charge is 2.37. The minimum atomic E-state index is -0.492. The van der Waals surface area contributed by atoms with Crippen molar-refractivity contribution in [2.24, 2.45) is 5.92 Å². The second-order valence-electron chi connectivity index (χ2n) is 7.31. The fourth-order valence-corrected chi connectivity index (χ4v) is 4.16. The Balaban J connectivity index is 2.01. The smallest absolute Gasteiger partial charge is 0.0623 e. The Morgan fingerprint density at radius 2 is 1.91 bits per heavy atom. The third kappa shape index (κ3) is 4.82. The van der Waals surface area contributed by atoms with Gasteiger partial charge in [-0.05, 0) is 50.6 Å². The van der Waals surface area contributed by atoms with Crippen molar-refractivity contribution in [2.45, 2.75) is 77.5 Å². The SMILES string of the molecule is CCC[C@H]1[C@@H](CC(C)(O)CCC)CCN1Cc1ccccc1. The minimum Gasteiger partial charge on any atom is -0.390 e. The molecule has 0 saturated carbocycles. The molecule has 0 spiro atoms. The van der Waals surface area contributed by atoms with Crippen LogP contribution in [0.1, 0.15) is 64.9 Å². The van der Waals surface area contributed by atoms with Gasteiger partial charge in [0.15, 0.2) is 0 Å². The van der Waals surface area contributed by atoms with Crippen LogP contribution in [0.25, 0.3) is 0 Å². The zero-order valence-corrected chi connectivity index (χ0v) is 14.6. The Hall–Kier alpha value is -0.860. The lowest BCUT2D eigenvalue weighted by Gasteiger charge is -2.32. The molecule has 1 heterocycles. The van der Waals surface area contributed by atoms with E-state index in [-0.39, 0.29) is 0 Å². The van der Waals surface area contributed by atoms with E-state index in [1.807, 2.05) is 6.92 Å². The molecule has 1 aliphatic rings. The lowest BCUT2D eigenvalue weighted by Crippen LogP contribution is -2.36. The van der Waals surface area contributed by atoms with Gasteiger partial charge in [0.05, 0.1) is 5.60 Å². The van der Waals surface area contributed by atoms with Gasteiger partial charge in [-0.1, -0.05) is 57.0 Å². The van der Waals surface area contributed by atoms with Crippen molar-refractivity contribution in [3.8, 4) is 0 Å². The molecule has 2 nitrogen and oxygen atoms in total. The molecule has 0 radical (unpaired) electrons. The van der Waals surface area contributed by atoms with Crippen molar-refractivity contribution >= 4 is 0 Å². The molecular weight excluding hydrogens is 270 g/mol. The molecule has 1 N–H and O–H groups in total. The van der Waals surface area contributed by atoms with Crippen LogP contribution in [0.2, 0.25) is 0 Å². The van der Waals surface area contributed by atoms with Crippen molar-refractivity contribution < 1.29 is 5.11 Å². The average Bonchev–Trinajstić information content (AvgIpc) is 2.82. The summed E-state index contributed by atoms with van der Waals surface area (Å²) in [6.45, 7) is 8.69. The number of rotatable bonds is 8. The summed E-state index contributed by atoms with van der Waals surface area (Å²) < 4.78 is 0. The van der Waals surface area contributed by atoms with Crippen LogP contribution in [-0.4, -0.2) is 28.2 Å². The molecule has 1 unspecified atom stereocenters. The van der Waals surface area contributed by atoms with E-state index in [0.29, 0.717) is 12.0 Å². The predicted octanol–water partition coefficient (Wildman–Crippen LogP) is 4.62. The van der Waals surface area contributed by atoms with Gasteiger partial charge in [0.25, 0.3) is 0 Å². The van der Waals surface area contributed by atoms with E-state index >= 15 is 0 Å². The first-order valence-electron chi connectivity index (χ1n) is 9.06. The summed E-state index contributed by atoms with van der Waals surface area (Å²) in [5.41, 5.74) is 0.915. The highest BCUT2D eigenvalue weighted by Crippen LogP contribution is 2.36. The van der Waals surface area contributed by atoms with Gasteiger partial charge < -0.3 is 5.11 Å². The molecule has 1 aromatic carbocycles. The molecule has 124 valence electrons. The van der Waals surface area contributed by atoms with Crippen molar-refractivity contribution in [3.63, 3.8) is 0 Å². The summed E-state index contributed by atoms with van der Waals surface area (Å²) in [6, 6.07) is 11.4. The Kier molecular flexibility index (Phi) is 6.46. The Bertz CT molecular complexity index is 429. The van der Waals surface area contributed by atoms with Gasteiger partial charge in [0, 0.05) is 12.6 Å². The quantitative estimate of drug-likeness (QED) is 0.757. The summed E-state index contributed by atoms with van der Waals surface area (Å²) in [7, 11) is 0. The van der Waals surface area contributed by atoms with E-state index in [1.54, 1.807) is 0 Å². The van der Waals surface area contributed by atoms with Crippen molar-refractivity contribution in [2.75, 3.05) is 6.54 Å². The van der Waals surface area contributed by atoms with Gasteiger partial charge in [0.2, 0.25) is 0 Å². The minimum absolute atomic E-state index is 0.492. The summed E-state index contributed by atoms with van der Waals surface area (Å²) in [5, 5.41) is 10.6. The number of benzene rings is 1. The van der Waals surface area contributed by atoms with E-state index < -0.39 is 5.60 Å². The molecule has 0 aliphatic carbocycles. The third-order valence-electron chi connectivity index (χ3n) is 5.10. The van der Waals surface area contributed by atoms with Crippen LogP contribution in [0.4, 0.5) is 0 Å². The van der Waals surface area contributed by atoms with Crippen LogP contribution in [0.5, 0.6) is 0 Å². The van der Waals surface area contributed by atoms with E-state index in [4.69, 9.17) is 0 Å². The first-order valence-corrected chi connectivity index (χ1v) is 9.06. The van der Waals surface area contributed by atoms with Crippen LogP contribution < -0.4 is 0 Å². The zero-order valence-electron chi connectivity index (χ0n) is 14.6. The van der Waals surface area contributed by atoms with Crippen molar-refractivity contribution in [1.29, 1.82) is 0 Å². The normalized spacial score (nSPS) is 25.3. The lowest BCUT2D eigenvalue weighted by atomic mass is 9.83. The molecule has 1 aliphatic heterocycles. The molecule has 3 atom stereocenters. The van der Waals surface area contributed by atoms with Crippen LogP contribution >= 0.6 is 0 Å². The van der Waals surface area contributed by atoms with Crippen molar-refractivity contribution in [1.82, 2.24) is 4.90 Å². The van der Waals surface area contributed by atoms with E-state index in [1.165, 1.54) is 31.4 Å². The Morgan fingerprint density at radius 3 is 2.55 bits per heavy atom. The molecule has 0 amide bonds. The Morgan fingerprint density at radius 1 is 1.18 bits per heavy atom. The molecule has 2 heteroatoms. The summed E-state index contributed by atoms with van der Waals surface area (Å²) >= 11 is 0. The number of nitrogens with zero attached hydrogens (tertiary/aromatic N) is 1. The first-order chi connectivity index (χ1) is 10.6. The number of hydrogen-bond donors (Lipinski definition) is 1. The molecule has 0 aromatic heterocycles. The predicted molar refractivity (Wildman–Crippen MR) is 93.8 cm³/mol. The number of likely N-dealkylation sites (tertiary alicyclic amines) is 1. The lowest BCUT2D eigenvalue weighted by molar-refractivity contribution is 0.0176. The first kappa shape index (κ1) is 17.5. The maximum atomic E-state index is 10.6. The Labute approximate surface area is 136 Å². The van der Waals surface area contributed by atoms with Crippen LogP contribution in [0, 0.1) is 5.92 Å². The maximum Gasteiger partial charge on any atom is 0.0623 e. The van der Waals surface area contributed by atoms with E-state index in [9.17, 15) is 5.11 Å². The third-order valence-corrected chi connectivity index (χ3v) is 5.10. The van der Waals surface area contributed by atoms with Crippen LogP contribution in [0.15, 0.2) is 30.3 Å². The average molecular weight is 303 g/mol. The van der Waals surface area contributed by atoms with E-state index in [0.717, 1.165) is 25.8 Å². The zero-order chi connectivity index (χ0) is 16.0. The second-order valence-corrected chi connectivity index (χ2v) is 7.31. The summed E-state index contributed by atoms with van der Waals surface area (Å²) in [4.78, 5) is 2.64. The maximum absolute atomic E-state index is 10.6.